The first-order valence-electron chi connectivity index (χ1n) is 21.4. The number of nitrogens with zero attached hydrogens (tertiary/aromatic N) is 7. The normalized spacial score (nSPS) is 13.2. The summed E-state index contributed by atoms with van der Waals surface area (Å²) in [5, 5.41) is 23.3. The van der Waals surface area contributed by atoms with Crippen molar-refractivity contribution in [3.8, 4) is 32.4 Å². The van der Waals surface area contributed by atoms with Crippen molar-refractivity contribution in [3.63, 3.8) is 0 Å². The first-order chi connectivity index (χ1) is 32.4. The van der Waals surface area contributed by atoms with Crippen molar-refractivity contribution in [1.29, 1.82) is 0 Å². The number of benzene rings is 2. The van der Waals surface area contributed by atoms with Crippen LogP contribution in [0, 0.1) is 13.8 Å². The van der Waals surface area contributed by atoms with Gasteiger partial charge >= 0.3 is 5.97 Å². The van der Waals surface area contributed by atoms with Crippen molar-refractivity contribution in [2.24, 2.45) is 5.73 Å². The van der Waals surface area contributed by atoms with E-state index < -0.39 is 5.97 Å². The number of carbonyl (C=O) groups is 2. The zero-order valence-electron chi connectivity index (χ0n) is 38.1. The van der Waals surface area contributed by atoms with Crippen molar-refractivity contribution >= 4 is 71.6 Å². The Hall–Kier alpha value is -6.46. The molecule has 0 bridgehead atoms. The van der Waals surface area contributed by atoms with E-state index in [-0.39, 0.29) is 18.0 Å². The minimum absolute atomic E-state index is 0.00611. The van der Waals surface area contributed by atoms with Crippen molar-refractivity contribution in [3.05, 3.63) is 93.0 Å². The zero-order valence-corrected chi connectivity index (χ0v) is 39.7. The second-order valence-electron chi connectivity index (χ2n) is 16.2. The van der Waals surface area contributed by atoms with Gasteiger partial charge in [-0.25, -0.2) is 14.0 Å². The average Bonchev–Trinajstić information content (AvgIpc) is 4.06. The van der Waals surface area contributed by atoms with Crippen LogP contribution in [-0.2, 0) is 45.4 Å². The number of aromatic amines is 1. The number of anilines is 1. The molecule has 67 heavy (non-hydrogen) atoms. The summed E-state index contributed by atoms with van der Waals surface area (Å²) in [6, 6.07) is 12.4. The molecule has 2 aromatic carbocycles. The highest BCUT2D eigenvalue weighted by atomic mass is 32.1. The molecule has 0 saturated carbocycles. The van der Waals surface area contributed by atoms with E-state index in [0.29, 0.717) is 69.3 Å². The van der Waals surface area contributed by atoms with E-state index in [0.717, 1.165) is 92.7 Å². The summed E-state index contributed by atoms with van der Waals surface area (Å²) < 4.78 is 27.9. The molecule has 9 rings (SSSR count). The van der Waals surface area contributed by atoms with Gasteiger partial charge in [0.1, 0.15) is 35.2 Å². The Morgan fingerprint density at radius 1 is 0.851 bits per heavy atom. The lowest BCUT2D eigenvalue weighted by molar-refractivity contribution is -0.138. The third-order valence-electron chi connectivity index (χ3n) is 11.5. The van der Waals surface area contributed by atoms with Crippen LogP contribution in [-0.4, -0.2) is 124 Å². The summed E-state index contributed by atoms with van der Waals surface area (Å²) in [5.41, 5.74) is 20.3. The van der Waals surface area contributed by atoms with Crippen LogP contribution in [0.15, 0.2) is 53.8 Å². The molecule has 0 unspecified atom stereocenters. The van der Waals surface area contributed by atoms with E-state index in [9.17, 15) is 19.5 Å². The summed E-state index contributed by atoms with van der Waals surface area (Å²) in [6.07, 6.45) is 2.80. The predicted octanol–water partition coefficient (Wildman–Crippen LogP) is 4.80. The summed E-state index contributed by atoms with van der Waals surface area (Å²) >= 11 is 3.18. The number of methoxy groups -OCH3 is 4. The molecule has 1 aliphatic rings. The number of nitrogen functional groups attached to an aromatic ring is 1. The summed E-state index contributed by atoms with van der Waals surface area (Å²) in [6.45, 7) is 7.69. The SMILES string of the molecule is COCc1c(-c2cc3cc(C)cc(OC)c3s2)c2c(=O)[nH]cnn2c1CN1CCNC(=O)C1.COCc1c(-c2cc3cc(C)cc(OC)c3s2)c2c(N)ncnn2c1CN(CCN)CC(=O)O. The molecule has 19 nitrogen and oxygen atoms in total. The smallest absolute Gasteiger partial charge is 0.317 e. The van der Waals surface area contributed by atoms with E-state index in [1.165, 1.54) is 12.7 Å². The van der Waals surface area contributed by atoms with Gasteiger partial charge in [0.25, 0.3) is 5.56 Å². The molecule has 7 heterocycles. The number of nitrogens with one attached hydrogen (secondary N) is 2. The van der Waals surface area contributed by atoms with Gasteiger partial charge in [0.05, 0.1) is 61.3 Å². The number of rotatable bonds is 16. The molecule has 0 radical (unpaired) electrons. The third-order valence-corrected chi connectivity index (χ3v) is 13.9. The quantitative estimate of drug-likeness (QED) is 0.0874. The molecular weight excluding hydrogens is 899 g/mol. The Balaban J connectivity index is 0.000000182. The monoisotopic (exact) mass is 951 g/mol. The second-order valence-corrected chi connectivity index (χ2v) is 18.3. The van der Waals surface area contributed by atoms with Crippen molar-refractivity contribution < 1.29 is 33.6 Å². The van der Waals surface area contributed by atoms with E-state index in [4.69, 9.17) is 30.4 Å². The van der Waals surface area contributed by atoms with Crippen molar-refractivity contribution in [2.75, 3.05) is 73.4 Å². The van der Waals surface area contributed by atoms with Crippen LogP contribution in [0.1, 0.15) is 33.6 Å². The number of ether oxygens (including phenoxy) is 4. The van der Waals surface area contributed by atoms with E-state index in [1.807, 2.05) is 26.0 Å². The second kappa shape index (κ2) is 20.2. The van der Waals surface area contributed by atoms with Gasteiger partial charge in [0.15, 0.2) is 5.82 Å². The highest BCUT2D eigenvalue weighted by Gasteiger charge is 2.29. The number of nitrogens with two attached hydrogens (primary N) is 2. The van der Waals surface area contributed by atoms with Gasteiger partial charge in [-0.05, 0) is 60.0 Å². The number of aromatic nitrogens is 6. The molecule has 352 valence electrons. The van der Waals surface area contributed by atoms with E-state index in [1.54, 1.807) is 65.0 Å². The number of hydrogen-bond donors (Lipinski definition) is 5. The molecule has 1 amide bonds. The van der Waals surface area contributed by atoms with Crippen LogP contribution >= 0.6 is 22.7 Å². The van der Waals surface area contributed by atoms with Gasteiger partial charge in [-0.2, -0.15) is 10.2 Å². The van der Waals surface area contributed by atoms with Gasteiger partial charge in [0, 0.05) is 85.5 Å². The highest BCUT2D eigenvalue weighted by molar-refractivity contribution is 7.23. The van der Waals surface area contributed by atoms with Crippen molar-refractivity contribution in [1.82, 2.24) is 44.3 Å². The Labute approximate surface area is 392 Å². The lowest BCUT2D eigenvalue weighted by Gasteiger charge is -2.26. The third kappa shape index (κ3) is 9.44. The fraction of sp³-hybridized carbons (Fsp3) is 0.348. The number of carbonyl (C=O) groups excluding carboxylic acids is 1. The Morgan fingerprint density at radius 2 is 1.45 bits per heavy atom. The summed E-state index contributed by atoms with van der Waals surface area (Å²) in [5.74, 6) is 1.02. The molecule has 7 N–H and O–H groups in total. The maximum Gasteiger partial charge on any atom is 0.317 e. The molecule has 6 aromatic heterocycles. The molecular formula is C46H53N11O8S2. The average molecular weight is 952 g/mol. The van der Waals surface area contributed by atoms with Crippen LogP contribution in [0.5, 0.6) is 11.5 Å². The molecule has 21 heteroatoms. The van der Waals surface area contributed by atoms with Gasteiger partial charge in [-0.15, -0.1) is 22.7 Å². The summed E-state index contributed by atoms with van der Waals surface area (Å²) in [7, 11) is 6.59. The first-order valence-corrected chi connectivity index (χ1v) is 23.0. The number of aliphatic carboxylic acids is 1. The number of carboxylic acids is 1. The van der Waals surface area contributed by atoms with Gasteiger partial charge < -0.3 is 45.8 Å². The van der Waals surface area contributed by atoms with E-state index in [2.05, 4.69) is 54.6 Å². The Kier molecular flexibility index (Phi) is 14.2. The molecule has 1 saturated heterocycles. The zero-order chi connectivity index (χ0) is 47.5. The maximum absolute atomic E-state index is 13.0. The molecule has 0 atom stereocenters. The van der Waals surface area contributed by atoms with Gasteiger partial charge in [0.2, 0.25) is 5.91 Å². The molecule has 1 aliphatic heterocycles. The number of thiophene rings is 2. The number of amides is 1. The van der Waals surface area contributed by atoms with Gasteiger partial charge in [-0.1, -0.05) is 12.1 Å². The maximum atomic E-state index is 13.0. The largest absolute Gasteiger partial charge is 0.495 e. The number of aryl methyl sites for hydroxylation is 2. The minimum atomic E-state index is -0.927. The van der Waals surface area contributed by atoms with Crippen molar-refractivity contribution in [2.45, 2.75) is 40.2 Å². The number of H-pyrrole nitrogens is 1. The van der Waals surface area contributed by atoms with Crippen LogP contribution in [0.4, 0.5) is 5.82 Å². The van der Waals surface area contributed by atoms with Crippen LogP contribution in [0.25, 0.3) is 52.1 Å². The number of carboxylic acid groups (broad SMARTS) is 1. The van der Waals surface area contributed by atoms with Crippen LogP contribution in [0.2, 0.25) is 0 Å². The number of hydrogen-bond acceptors (Lipinski definition) is 16. The molecule has 1 fully saturated rings. The number of fused-ring (bicyclic) bond motifs is 4. The fourth-order valence-electron chi connectivity index (χ4n) is 8.80. The van der Waals surface area contributed by atoms with Crippen LogP contribution < -0.4 is 31.8 Å². The first kappa shape index (κ1) is 47.0. The molecule has 0 aliphatic carbocycles. The number of piperazine rings is 1. The molecule has 0 spiro atoms. The highest BCUT2D eigenvalue weighted by Crippen LogP contribution is 2.45. The van der Waals surface area contributed by atoms with Gasteiger partial charge in [-0.3, -0.25) is 24.2 Å². The Morgan fingerprint density at radius 3 is 2.01 bits per heavy atom. The Bertz CT molecular complexity index is 3190. The molecule has 8 aromatic rings. The summed E-state index contributed by atoms with van der Waals surface area (Å²) in [4.78, 5) is 49.1. The lowest BCUT2D eigenvalue weighted by atomic mass is 10.1. The van der Waals surface area contributed by atoms with Crippen LogP contribution in [0.3, 0.4) is 0 Å². The lowest BCUT2D eigenvalue weighted by Crippen LogP contribution is -2.47. The fourth-order valence-corrected chi connectivity index (χ4v) is 11.2. The standard InChI is InChI=1S/C23H28N6O4S.C23H25N5O4S/c1-13-6-14-8-18(34-22(14)17(7-13)33-3)20-15(11-32-2)16(9-28(5-4-24)10-19(30)31)29-21(20)23(25)26-12-27-29;1-13-6-14-8-18(33-22(14)17(7-13)32-3)20-15(11-31-2)16(9-27-5-4-24-19(29)10-27)28-21(20)23(30)25-12-26-28/h6-8,12H,4-5,9-11,24H2,1-3H3,(H,30,31)(H2,25,26,27);6-8,12H,4-5,9-11H2,1-3H3,(H,24,29)(H,25,26,30). The minimum Gasteiger partial charge on any atom is -0.495 e. The topological polar surface area (TPSA) is 242 Å². The van der Waals surface area contributed by atoms with E-state index >= 15 is 0 Å². The predicted molar refractivity (Wildman–Crippen MR) is 259 cm³/mol.